The fourth-order valence-corrected chi connectivity index (χ4v) is 1.33. The van der Waals surface area contributed by atoms with E-state index in [1.807, 2.05) is 12.8 Å². The second-order valence-electron chi connectivity index (χ2n) is 2.04. The van der Waals surface area contributed by atoms with Gasteiger partial charge in [0.2, 0.25) is 0 Å². The molecule has 0 aliphatic carbocycles. The minimum absolute atomic E-state index is 0.541. The number of carboxylic acids is 1. The smallest absolute Gasteiger partial charge is 0.382 e. The molecule has 4 heteroatoms. The van der Waals surface area contributed by atoms with E-state index in [0.29, 0.717) is 5.69 Å². The first-order chi connectivity index (χ1) is 5.72. The molecule has 1 heterocycles. The molecule has 0 aliphatic rings. The zero-order valence-electron chi connectivity index (χ0n) is 6.50. The van der Waals surface area contributed by atoms with Gasteiger partial charge in [0, 0.05) is 11.3 Å². The van der Waals surface area contributed by atoms with E-state index in [0.717, 1.165) is 11.4 Å². The van der Waals surface area contributed by atoms with Gasteiger partial charge in [0.1, 0.15) is 5.69 Å². The quantitative estimate of drug-likeness (QED) is 0.661. The lowest BCUT2D eigenvalue weighted by atomic mass is 10.4. The lowest BCUT2D eigenvalue weighted by Gasteiger charge is -1.79. The van der Waals surface area contributed by atoms with Gasteiger partial charge < -0.3 is 5.11 Å². The predicted molar refractivity (Wildman–Crippen MR) is 46.0 cm³/mol. The molecule has 0 aromatic carbocycles. The Morgan fingerprint density at radius 1 is 1.83 bits per heavy atom. The van der Waals surface area contributed by atoms with Gasteiger partial charge in [-0.15, -0.1) is 11.3 Å². The molecule has 12 heavy (non-hydrogen) atoms. The van der Waals surface area contributed by atoms with E-state index in [2.05, 4.69) is 10.9 Å². The van der Waals surface area contributed by atoms with Crippen LogP contribution in [0.1, 0.15) is 17.6 Å². The van der Waals surface area contributed by atoms with Crippen LogP contribution in [-0.4, -0.2) is 16.1 Å². The summed E-state index contributed by atoms with van der Waals surface area (Å²) in [5.74, 6) is 3.33. The molecule has 0 saturated heterocycles. The number of nitrogens with zero attached hydrogens (tertiary/aromatic N) is 1. The number of aryl methyl sites for hydroxylation is 1. The molecule has 0 unspecified atom stereocenters. The highest BCUT2D eigenvalue weighted by molar-refractivity contribution is 7.09. The van der Waals surface area contributed by atoms with E-state index < -0.39 is 5.97 Å². The molecule has 0 atom stereocenters. The summed E-state index contributed by atoms with van der Waals surface area (Å²) in [6, 6.07) is 0. The fourth-order valence-electron chi connectivity index (χ4n) is 0.648. The van der Waals surface area contributed by atoms with Gasteiger partial charge in [-0.3, -0.25) is 0 Å². The van der Waals surface area contributed by atoms with Crippen LogP contribution in [0, 0.1) is 11.8 Å². The van der Waals surface area contributed by atoms with E-state index in [9.17, 15) is 4.79 Å². The first kappa shape index (κ1) is 8.75. The number of carboxylic acid groups (broad SMARTS) is 1. The Morgan fingerprint density at radius 3 is 3.08 bits per heavy atom. The first-order valence-electron chi connectivity index (χ1n) is 3.41. The molecule has 1 aromatic heterocycles. The number of carbonyl (C=O) groups is 1. The van der Waals surface area contributed by atoms with Crippen molar-refractivity contribution < 1.29 is 9.90 Å². The van der Waals surface area contributed by atoms with E-state index in [4.69, 9.17) is 5.11 Å². The lowest BCUT2D eigenvalue weighted by molar-refractivity contribution is -0.130. The van der Waals surface area contributed by atoms with Crippen LogP contribution in [0.3, 0.4) is 0 Å². The van der Waals surface area contributed by atoms with Gasteiger partial charge in [0.25, 0.3) is 0 Å². The molecule has 0 radical (unpaired) electrons. The monoisotopic (exact) mass is 181 g/mol. The summed E-state index contributed by atoms with van der Waals surface area (Å²) in [4.78, 5) is 14.1. The van der Waals surface area contributed by atoms with Crippen LogP contribution >= 0.6 is 11.3 Å². The van der Waals surface area contributed by atoms with Crippen LogP contribution in [0.4, 0.5) is 0 Å². The topological polar surface area (TPSA) is 50.2 Å². The van der Waals surface area contributed by atoms with Gasteiger partial charge in [0.05, 0.1) is 5.01 Å². The summed E-state index contributed by atoms with van der Waals surface area (Å²) in [5, 5.41) is 11.0. The molecule has 3 nitrogen and oxygen atoms in total. The van der Waals surface area contributed by atoms with Gasteiger partial charge in [-0.2, -0.15) is 0 Å². The van der Waals surface area contributed by atoms with Crippen molar-refractivity contribution in [3.05, 3.63) is 16.1 Å². The second kappa shape index (κ2) is 3.88. The highest BCUT2D eigenvalue weighted by Gasteiger charge is 1.95. The lowest BCUT2D eigenvalue weighted by Crippen LogP contribution is -1.87. The molecule has 0 aliphatic heterocycles. The molecule has 0 fully saturated rings. The number of thiazole rings is 1. The molecular weight excluding hydrogens is 174 g/mol. The maximum Gasteiger partial charge on any atom is 0.382 e. The predicted octanol–water partition coefficient (Wildman–Crippen LogP) is 1.14. The zero-order valence-corrected chi connectivity index (χ0v) is 7.31. The first-order valence-corrected chi connectivity index (χ1v) is 4.29. The summed E-state index contributed by atoms with van der Waals surface area (Å²) in [5.41, 5.74) is 0.541. The Kier molecular flexibility index (Phi) is 2.83. The summed E-state index contributed by atoms with van der Waals surface area (Å²) < 4.78 is 0. The number of hydrogen-bond donors (Lipinski definition) is 1. The fraction of sp³-hybridized carbons (Fsp3) is 0.250. The van der Waals surface area contributed by atoms with E-state index in [-0.39, 0.29) is 0 Å². The molecule has 62 valence electrons. The van der Waals surface area contributed by atoms with Crippen molar-refractivity contribution in [2.24, 2.45) is 0 Å². The number of hydrogen-bond acceptors (Lipinski definition) is 3. The highest BCUT2D eigenvalue weighted by Crippen LogP contribution is 2.08. The van der Waals surface area contributed by atoms with Crippen molar-refractivity contribution in [1.29, 1.82) is 0 Å². The second-order valence-corrected chi connectivity index (χ2v) is 2.98. The minimum atomic E-state index is -1.12. The van der Waals surface area contributed by atoms with Gasteiger partial charge in [0.15, 0.2) is 0 Å². The van der Waals surface area contributed by atoms with Gasteiger partial charge in [-0.1, -0.05) is 6.92 Å². The average Bonchev–Trinajstić information content (AvgIpc) is 2.48. The SMILES string of the molecule is CCc1nc(C#CC(=O)O)cs1. The van der Waals surface area contributed by atoms with E-state index in [1.54, 1.807) is 5.38 Å². The molecule has 0 saturated carbocycles. The Morgan fingerprint density at radius 2 is 2.58 bits per heavy atom. The number of aliphatic carboxylic acids is 1. The molecular formula is C8H7NO2S. The summed E-state index contributed by atoms with van der Waals surface area (Å²) in [6.07, 6.45) is 0.861. The van der Waals surface area contributed by atoms with Gasteiger partial charge >= 0.3 is 5.97 Å². The molecule has 1 aromatic rings. The number of rotatable bonds is 1. The third kappa shape index (κ3) is 2.36. The normalized spacial score (nSPS) is 8.75. The molecule has 0 amide bonds. The average molecular weight is 181 g/mol. The summed E-state index contributed by atoms with van der Waals surface area (Å²) in [7, 11) is 0. The Bertz CT molecular complexity index is 345. The third-order valence-electron chi connectivity index (χ3n) is 1.15. The Balaban J connectivity index is 2.78. The van der Waals surface area contributed by atoms with Crippen LogP contribution in [0.5, 0.6) is 0 Å². The van der Waals surface area contributed by atoms with Crippen molar-refractivity contribution >= 4 is 17.3 Å². The molecule has 1 rings (SSSR count). The number of aromatic nitrogens is 1. The van der Waals surface area contributed by atoms with Crippen molar-refractivity contribution in [3.63, 3.8) is 0 Å². The van der Waals surface area contributed by atoms with E-state index >= 15 is 0 Å². The Labute approximate surface area is 74.1 Å². The van der Waals surface area contributed by atoms with Crippen molar-refractivity contribution in [1.82, 2.24) is 4.98 Å². The van der Waals surface area contributed by atoms with Crippen LogP contribution in [0.25, 0.3) is 0 Å². The molecule has 0 bridgehead atoms. The molecule has 1 N–H and O–H groups in total. The zero-order chi connectivity index (χ0) is 8.97. The van der Waals surface area contributed by atoms with Gasteiger partial charge in [-0.05, 0) is 12.3 Å². The Hall–Kier alpha value is -1.34. The third-order valence-corrected chi connectivity index (χ3v) is 2.14. The molecule has 0 spiro atoms. The van der Waals surface area contributed by atoms with Crippen LogP contribution in [0.2, 0.25) is 0 Å². The van der Waals surface area contributed by atoms with E-state index in [1.165, 1.54) is 11.3 Å². The van der Waals surface area contributed by atoms with Crippen LogP contribution in [-0.2, 0) is 11.2 Å². The van der Waals surface area contributed by atoms with Crippen molar-refractivity contribution in [2.45, 2.75) is 13.3 Å². The van der Waals surface area contributed by atoms with Crippen LogP contribution in [0.15, 0.2) is 5.38 Å². The van der Waals surface area contributed by atoms with Crippen molar-refractivity contribution in [3.8, 4) is 11.8 Å². The summed E-state index contributed by atoms with van der Waals surface area (Å²) in [6.45, 7) is 1.99. The maximum absolute atomic E-state index is 10.1. The van der Waals surface area contributed by atoms with Crippen LogP contribution < -0.4 is 0 Å². The standard InChI is InChI=1S/C8H7NO2S/c1-2-7-9-6(5-12-7)3-4-8(10)11/h5H,2H2,1H3,(H,10,11). The maximum atomic E-state index is 10.1. The largest absolute Gasteiger partial charge is 0.472 e. The van der Waals surface area contributed by atoms with Gasteiger partial charge in [-0.25, -0.2) is 9.78 Å². The highest BCUT2D eigenvalue weighted by atomic mass is 32.1. The summed E-state index contributed by atoms with van der Waals surface area (Å²) >= 11 is 1.49. The minimum Gasteiger partial charge on any atom is -0.472 e. The van der Waals surface area contributed by atoms with Crippen molar-refractivity contribution in [2.75, 3.05) is 0 Å².